The van der Waals surface area contributed by atoms with Crippen molar-refractivity contribution < 1.29 is 20.1 Å². The molecule has 0 bridgehead atoms. The SMILES string of the molecule is Cc1[c-]c(-c2nccc3c2ccc2cnc(C)cc23)cc(C)c1.[Ir]. The maximum absolute atomic E-state index is 4.64. The maximum atomic E-state index is 4.64. The Balaban J connectivity index is 0.00000169. The molecule has 0 N–H and O–H groups in total. The summed E-state index contributed by atoms with van der Waals surface area (Å²) in [6, 6.07) is 16.2. The molecule has 24 heavy (non-hydrogen) atoms. The van der Waals surface area contributed by atoms with Gasteiger partial charge in [0, 0.05) is 43.6 Å². The Labute approximate surface area is 155 Å². The van der Waals surface area contributed by atoms with Gasteiger partial charge in [-0.05, 0) is 40.9 Å². The smallest absolute Gasteiger partial charge is 0.0379 e. The second-order valence-corrected chi connectivity index (χ2v) is 6.12. The van der Waals surface area contributed by atoms with Crippen LogP contribution >= 0.6 is 0 Å². The first kappa shape index (κ1) is 16.8. The molecule has 0 spiro atoms. The van der Waals surface area contributed by atoms with Crippen molar-refractivity contribution in [2.75, 3.05) is 0 Å². The van der Waals surface area contributed by atoms with Gasteiger partial charge in [-0.1, -0.05) is 26.0 Å². The first-order valence-electron chi connectivity index (χ1n) is 7.77. The molecule has 0 fully saturated rings. The Bertz CT molecular complexity index is 1030. The summed E-state index contributed by atoms with van der Waals surface area (Å²) in [6.45, 7) is 6.21. The van der Waals surface area contributed by atoms with E-state index in [9.17, 15) is 0 Å². The van der Waals surface area contributed by atoms with Gasteiger partial charge in [0.2, 0.25) is 0 Å². The summed E-state index contributed by atoms with van der Waals surface area (Å²) in [6.07, 6.45) is 3.82. The van der Waals surface area contributed by atoms with E-state index in [-0.39, 0.29) is 20.1 Å². The Hall–Kier alpha value is -2.09. The molecule has 3 heteroatoms. The summed E-state index contributed by atoms with van der Waals surface area (Å²) in [5, 5.41) is 4.75. The fraction of sp³-hybridized carbons (Fsp3) is 0.143. The van der Waals surface area contributed by atoms with Crippen molar-refractivity contribution >= 4 is 21.5 Å². The van der Waals surface area contributed by atoms with Crippen molar-refractivity contribution in [1.29, 1.82) is 0 Å². The van der Waals surface area contributed by atoms with E-state index in [0.717, 1.165) is 33.3 Å². The number of fused-ring (bicyclic) bond motifs is 3. The topological polar surface area (TPSA) is 25.8 Å². The van der Waals surface area contributed by atoms with Gasteiger partial charge in [0.05, 0.1) is 0 Å². The quantitative estimate of drug-likeness (QED) is 0.272. The molecule has 0 atom stereocenters. The van der Waals surface area contributed by atoms with Crippen LogP contribution in [0.3, 0.4) is 0 Å². The second kappa shape index (κ2) is 6.43. The van der Waals surface area contributed by atoms with E-state index in [1.54, 1.807) is 0 Å². The molecule has 0 aliphatic heterocycles. The monoisotopic (exact) mass is 490 g/mol. The van der Waals surface area contributed by atoms with Gasteiger partial charge in [0.1, 0.15) is 0 Å². The molecule has 2 heterocycles. The molecule has 2 aromatic carbocycles. The van der Waals surface area contributed by atoms with Crippen LogP contribution in [0.2, 0.25) is 0 Å². The van der Waals surface area contributed by atoms with E-state index in [0.29, 0.717) is 0 Å². The largest absolute Gasteiger partial charge is 0.304 e. The van der Waals surface area contributed by atoms with Crippen molar-refractivity contribution in [3.05, 3.63) is 71.7 Å². The normalized spacial score (nSPS) is 10.8. The Morgan fingerprint density at radius 1 is 0.833 bits per heavy atom. The van der Waals surface area contributed by atoms with Crippen molar-refractivity contribution in [2.24, 2.45) is 0 Å². The minimum atomic E-state index is 0. The molecular formula is C21H17IrN2-. The molecule has 2 nitrogen and oxygen atoms in total. The molecule has 121 valence electrons. The number of pyridine rings is 2. The predicted octanol–water partition coefficient (Wildman–Crippen LogP) is 5.17. The zero-order valence-electron chi connectivity index (χ0n) is 13.8. The van der Waals surface area contributed by atoms with E-state index in [2.05, 4.69) is 66.3 Å². The van der Waals surface area contributed by atoms with E-state index in [1.807, 2.05) is 19.3 Å². The van der Waals surface area contributed by atoms with Crippen LogP contribution in [0.15, 0.2) is 48.8 Å². The van der Waals surface area contributed by atoms with Crippen LogP contribution in [0.5, 0.6) is 0 Å². The summed E-state index contributed by atoms with van der Waals surface area (Å²) in [4.78, 5) is 9.04. The van der Waals surface area contributed by atoms with E-state index < -0.39 is 0 Å². The molecule has 0 unspecified atom stereocenters. The summed E-state index contributed by atoms with van der Waals surface area (Å²) >= 11 is 0. The fourth-order valence-electron chi connectivity index (χ4n) is 3.22. The van der Waals surface area contributed by atoms with Crippen LogP contribution in [0.1, 0.15) is 16.8 Å². The number of hydrogen-bond acceptors (Lipinski definition) is 2. The molecule has 4 aromatic rings. The Morgan fingerprint density at radius 2 is 1.67 bits per heavy atom. The van der Waals surface area contributed by atoms with Gasteiger partial charge in [-0.3, -0.25) is 4.98 Å². The Kier molecular flexibility index (Phi) is 4.49. The molecular weight excluding hydrogens is 472 g/mol. The van der Waals surface area contributed by atoms with Crippen LogP contribution < -0.4 is 0 Å². The van der Waals surface area contributed by atoms with Gasteiger partial charge in [0.15, 0.2) is 0 Å². The molecule has 0 aliphatic rings. The third kappa shape index (κ3) is 2.86. The molecule has 4 rings (SSSR count). The minimum Gasteiger partial charge on any atom is -0.304 e. The molecule has 0 aliphatic carbocycles. The van der Waals surface area contributed by atoms with Crippen molar-refractivity contribution in [3.63, 3.8) is 0 Å². The standard InChI is InChI=1S/C21H17N2.Ir/c1-13-8-14(2)10-17(9-13)21-19-5-4-16-12-23-15(3)11-20(16)18(19)6-7-22-21;/h4-9,11-12H,1-3H3;/q-1;. The van der Waals surface area contributed by atoms with E-state index >= 15 is 0 Å². The third-order valence-electron chi connectivity index (χ3n) is 4.18. The second-order valence-electron chi connectivity index (χ2n) is 6.12. The van der Waals surface area contributed by atoms with Crippen LogP contribution in [0, 0.1) is 26.8 Å². The van der Waals surface area contributed by atoms with Crippen LogP contribution in [-0.4, -0.2) is 9.97 Å². The molecule has 0 saturated carbocycles. The number of nitrogens with zero attached hydrogens (tertiary/aromatic N) is 2. The van der Waals surface area contributed by atoms with Crippen LogP contribution in [-0.2, 0) is 20.1 Å². The first-order chi connectivity index (χ1) is 11.1. The van der Waals surface area contributed by atoms with Crippen molar-refractivity contribution in [2.45, 2.75) is 20.8 Å². The predicted molar refractivity (Wildman–Crippen MR) is 95.5 cm³/mol. The third-order valence-corrected chi connectivity index (χ3v) is 4.18. The molecule has 1 radical (unpaired) electrons. The van der Waals surface area contributed by atoms with Crippen LogP contribution in [0.4, 0.5) is 0 Å². The molecule has 2 aromatic heterocycles. The van der Waals surface area contributed by atoms with Gasteiger partial charge in [0.25, 0.3) is 0 Å². The number of rotatable bonds is 1. The van der Waals surface area contributed by atoms with E-state index in [4.69, 9.17) is 0 Å². The maximum Gasteiger partial charge on any atom is 0.0379 e. The average molecular weight is 490 g/mol. The molecule has 0 saturated heterocycles. The zero-order chi connectivity index (χ0) is 16.0. The number of aromatic nitrogens is 2. The summed E-state index contributed by atoms with van der Waals surface area (Å²) in [7, 11) is 0. The van der Waals surface area contributed by atoms with Gasteiger partial charge in [-0.2, -0.15) is 0 Å². The van der Waals surface area contributed by atoms with Gasteiger partial charge >= 0.3 is 0 Å². The van der Waals surface area contributed by atoms with Gasteiger partial charge in [-0.25, -0.2) is 0 Å². The van der Waals surface area contributed by atoms with Crippen molar-refractivity contribution in [3.8, 4) is 11.3 Å². The zero-order valence-corrected chi connectivity index (χ0v) is 16.2. The fourth-order valence-corrected chi connectivity index (χ4v) is 3.22. The number of benzene rings is 2. The van der Waals surface area contributed by atoms with Crippen molar-refractivity contribution in [1.82, 2.24) is 9.97 Å². The van der Waals surface area contributed by atoms with Gasteiger partial charge < -0.3 is 4.98 Å². The minimum absolute atomic E-state index is 0. The first-order valence-corrected chi connectivity index (χ1v) is 7.77. The van der Waals surface area contributed by atoms with E-state index in [1.165, 1.54) is 16.3 Å². The number of hydrogen-bond donors (Lipinski definition) is 0. The summed E-state index contributed by atoms with van der Waals surface area (Å²) in [5.41, 5.74) is 5.45. The van der Waals surface area contributed by atoms with Crippen LogP contribution in [0.25, 0.3) is 32.8 Å². The Morgan fingerprint density at radius 3 is 2.46 bits per heavy atom. The average Bonchev–Trinajstić information content (AvgIpc) is 2.53. The summed E-state index contributed by atoms with van der Waals surface area (Å²) in [5.74, 6) is 0. The molecule has 0 amide bonds. The summed E-state index contributed by atoms with van der Waals surface area (Å²) < 4.78 is 0. The van der Waals surface area contributed by atoms with Gasteiger partial charge in [-0.15, -0.1) is 34.9 Å². The number of aryl methyl sites for hydroxylation is 3.